The van der Waals surface area contributed by atoms with Crippen molar-refractivity contribution in [1.29, 1.82) is 0 Å². The molecule has 0 atom stereocenters. The van der Waals surface area contributed by atoms with Crippen molar-refractivity contribution in [1.82, 2.24) is 14.7 Å². The number of carbonyl (C=O) groups is 1. The van der Waals surface area contributed by atoms with Gasteiger partial charge < -0.3 is 14.1 Å². The molecular weight excluding hydrogens is 390 g/mol. The Balaban J connectivity index is 1.59. The monoisotopic (exact) mass is 413 g/mol. The van der Waals surface area contributed by atoms with Gasteiger partial charge in [0, 0.05) is 19.7 Å². The van der Waals surface area contributed by atoms with E-state index in [-0.39, 0.29) is 5.91 Å². The van der Waals surface area contributed by atoms with E-state index < -0.39 is 0 Å². The minimum absolute atomic E-state index is 0.138. The fraction of sp³-hybridized carbons (Fsp3) is 0.120. The molecule has 6 nitrogen and oxygen atoms in total. The van der Waals surface area contributed by atoms with Crippen LogP contribution in [-0.4, -0.2) is 34.2 Å². The lowest BCUT2D eigenvalue weighted by atomic mass is 10.2. The van der Waals surface area contributed by atoms with Crippen molar-refractivity contribution >= 4 is 5.91 Å². The molecule has 0 fully saturated rings. The summed E-state index contributed by atoms with van der Waals surface area (Å²) in [5.74, 6) is 1.24. The van der Waals surface area contributed by atoms with Crippen LogP contribution in [0.4, 0.5) is 0 Å². The van der Waals surface area contributed by atoms with Crippen molar-refractivity contribution in [3.63, 3.8) is 0 Å². The number of aromatic nitrogens is 2. The third kappa shape index (κ3) is 4.59. The number of benzene rings is 2. The summed E-state index contributed by atoms with van der Waals surface area (Å²) < 4.78 is 12.7. The molecule has 0 radical (unpaired) electrons. The number of nitrogens with zero attached hydrogens (tertiary/aromatic N) is 3. The van der Waals surface area contributed by atoms with Gasteiger partial charge in [-0.25, -0.2) is 4.68 Å². The first-order valence-electron chi connectivity index (χ1n) is 9.93. The first-order chi connectivity index (χ1) is 15.2. The van der Waals surface area contributed by atoms with Crippen LogP contribution in [0.2, 0.25) is 0 Å². The minimum Gasteiger partial charge on any atom is -0.490 e. The quantitative estimate of drug-likeness (QED) is 0.383. The van der Waals surface area contributed by atoms with Gasteiger partial charge in [-0.2, -0.15) is 5.10 Å². The molecule has 0 aliphatic rings. The van der Waals surface area contributed by atoms with Gasteiger partial charge >= 0.3 is 0 Å². The van der Waals surface area contributed by atoms with Crippen LogP contribution in [-0.2, 0) is 6.54 Å². The summed E-state index contributed by atoms with van der Waals surface area (Å²) in [5, 5.41) is 4.62. The largest absolute Gasteiger partial charge is 0.490 e. The van der Waals surface area contributed by atoms with Crippen LogP contribution < -0.4 is 4.74 Å². The molecule has 0 spiro atoms. The highest BCUT2D eigenvalue weighted by Gasteiger charge is 2.21. The molecule has 156 valence electrons. The lowest BCUT2D eigenvalue weighted by Gasteiger charge is -2.18. The Labute approximate surface area is 181 Å². The highest BCUT2D eigenvalue weighted by Crippen LogP contribution is 2.23. The lowest BCUT2D eigenvalue weighted by Crippen LogP contribution is -2.28. The molecule has 1 amide bonds. The Morgan fingerprint density at radius 1 is 1.13 bits per heavy atom. The first-order valence-corrected chi connectivity index (χ1v) is 9.93. The Kier molecular flexibility index (Phi) is 5.98. The Morgan fingerprint density at radius 3 is 2.58 bits per heavy atom. The zero-order chi connectivity index (χ0) is 21.6. The maximum Gasteiger partial charge on any atom is 0.272 e. The molecule has 6 heteroatoms. The van der Waals surface area contributed by atoms with E-state index in [1.807, 2.05) is 60.7 Å². The van der Waals surface area contributed by atoms with Gasteiger partial charge in [0.25, 0.3) is 5.91 Å². The average molecular weight is 413 g/mol. The van der Waals surface area contributed by atoms with Gasteiger partial charge in [-0.1, -0.05) is 43.0 Å². The highest BCUT2D eigenvalue weighted by atomic mass is 16.5. The third-order valence-electron chi connectivity index (χ3n) is 4.76. The summed E-state index contributed by atoms with van der Waals surface area (Å²) in [6.45, 7) is 4.56. The van der Waals surface area contributed by atoms with E-state index in [9.17, 15) is 4.79 Å². The van der Waals surface area contributed by atoms with E-state index in [4.69, 9.17) is 9.15 Å². The predicted molar refractivity (Wildman–Crippen MR) is 119 cm³/mol. The van der Waals surface area contributed by atoms with E-state index >= 15 is 0 Å². The molecule has 4 rings (SSSR count). The third-order valence-corrected chi connectivity index (χ3v) is 4.76. The van der Waals surface area contributed by atoms with Crippen LogP contribution in [0, 0.1) is 0 Å². The van der Waals surface area contributed by atoms with E-state index in [1.54, 1.807) is 41.1 Å². The van der Waals surface area contributed by atoms with Crippen LogP contribution in [0.5, 0.6) is 5.75 Å². The number of rotatable bonds is 8. The van der Waals surface area contributed by atoms with Crippen LogP contribution in [0.3, 0.4) is 0 Å². The van der Waals surface area contributed by atoms with Crippen molar-refractivity contribution in [3.05, 3.63) is 103 Å². The van der Waals surface area contributed by atoms with E-state index in [1.165, 1.54) is 0 Å². The summed E-state index contributed by atoms with van der Waals surface area (Å²) in [6.07, 6.45) is 3.29. The van der Waals surface area contributed by atoms with Crippen molar-refractivity contribution in [2.24, 2.45) is 0 Å². The second-order valence-electron chi connectivity index (χ2n) is 7.04. The van der Waals surface area contributed by atoms with Crippen molar-refractivity contribution in [2.75, 3.05) is 13.7 Å². The summed E-state index contributed by atoms with van der Waals surface area (Å²) in [4.78, 5) is 15.0. The zero-order valence-corrected chi connectivity index (χ0v) is 17.3. The average Bonchev–Trinajstić information content (AvgIpc) is 3.49. The topological polar surface area (TPSA) is 60.5 Å². The van der Waals surface area contributed by atoms with Crippen molar-refractivity contribution < 1.29 is 13.9 Å². The van der Waals surface area contributed by atoms with Crippen LogP contribution in [0.25, 0.3) is 17.1 Å². The Bertz CT molecular complexity index is 1150. The SMILES string of the molecule is C=CCOc1ccc(CN(C)C(=O)c2cc(-c3ccco3)nn2-c2ccccc2)cc1. The second-order valence-corrected chi connectivity index (χ2v) is 7.04. The van der Waals surface area contributed by atoms with Gasteiger partial charge in [-0.3, -0.25) is 4.79 Å². The number of para-hydroxylation sites is 1. The standard InChI is InChI=1S/C25H23N3O3/c1-3-15-30-21-13-11-19(12-14-21)18-27(2)25(29)23-17-22(24-10-7-16-31-24)26-28(23)20-8-5-4-6-9-20/h3-14,16-17H,1,15,18H2,2H3. The molecule has 4 aromatic rings. The molecule has 0 saturated carbocycles. The van der Waals surface area contributed by atoms with Gasteiger partial charge in [0.05, 0.1) is 12.0 Å². The Hall–Kier alpha value is -4.06. The summed E-state index contributed by atoms with van der Waals surface area (Å²) in [6, 6.07) is 22.6. The minimum atomic E-state index is -0.138. The summed E-state index contributed by atoms with van der Waals surface area (Å²) in [5.41, 5.74) is 2.87. The second kappa shape index (κ2) is 9.17. The maximum absolute atomic E-state index is 13.3. The number of amides is 1. The number of hydrogen-bond donors (Lipinski definition) is 0. The van der Waals surface area contributed by atoms with Crippen LogP contribution in [0.1, 0.15) is 16.1 Å². The van der Waals surface area contributed by atoms with Gasteiger partial charge in [0.2, 0.25) is 0 Å². The molecule has 2 aromatic carbocycles. The smallest absolute Gasteiger partial charge is 0.272 e. The van der Waals surface area contributed by atoms with Crippen LogP contribution in [0.15, 0.2) is 96.1 Å². The van der Waals surface area contributed by atoms with Gasteiger partial charge in [0.1, 0.15) is 23.7 Å². The number of furan rings is 1. The number of carbonyl (C=O) groups excluding carboxylic acids is 1. The molecule has 0 aliphatic heterocycles. The number of ether oxygens (including phenoxy) is 1. The molecule has 0 bridgehead atoms. The molecular formula is C25H23N3O3. The fourth-order valence-corrected chi connectivity index (χ4v) is 3.23. The molecule has 0 saturated heterocycles. The van der Waals surface area contributed by atoms with Crippen molar-refractivity contribution in [2.45, 2.75) is 6.54 Å². The molecule has 0 aliphatic carbocycles. The van der Waals surface area contributed by atoms with E-state index in [2.05, 4.69) is 11.7 Å². The molecule has 2 aromatic heterocycles. The summed E-state index contributed by atoms with van der Waals surface area (Å²) in [7, 11) is 1.78. The fourth-order valence-electron chi connectivity index (χ4n) is 3.23. The van der Waals surface area contributed by atoms with Gasteiger partial charge in [-0.15, -0.1) is 0 Å². The van der Waals surface area contributed by atoms with Gasteiger partial charge in [-0.05, 0) is 42.0 Å². The zero-order valence-electron chi connectivity index (χ0n) is 17.3. The van der Waals surface area contributed by atoms with E-state index in [0.29, 0.717) is 30.3 Å². The van der Waals surface area contributed by atoms with Crippen LogP contribution >= 0.6 is 0 Å². The number of hydrogen-bond acceptors (Lipinski definition) is 4. The molecule has 2 heterocycles. The summed E-state index contributed by atoms with van der Waals surface area (Å²) >= 11 is 0. The first kappa shape index (κ1) is 20.2. The normalized spacial score (nSPS) is 10.6. The molecule has 0 N–H and O–H groups in total. The predicted octanol–water partition coefficient (Wildman–Crippen LogP) is 4.97. The lowest BCUT2D eigenvalue weighted by molar-refractivity contribution is 0.0776. The highest BCUT2D eigenvalue weighted by molar-refractivity contribution is 5.94. The molecule has 31 heavy (non-hydrogen) atoms. The van der Waals surface area contributed by atoms with Crippen molar-refractivity contribution in [3.8, 4) is 22.9 Å². The molecule has 0 unspecified atom stereocenters. The van der Waals surface area contributed by atoms with Gasteiger partial charge in [0.15, 0.2) is 5.76 Å². The Morgan fingerprint density at radius 2 is 1.90 bits per heavy atom. The maximum atomic E-state index is 13.3. The van der Waals surface area contributed by atoms with E-state index in [0.717, 1.165) is 17.0 Å².